The number of carbonyl (C=O) groups is 1. The van der Waals surface area contributed by atoms with E-state index < -0.39 is 0 Å². The van der Waals surface area contributed by atoms with Crippen molar-refractivity contribution in [1.29, 1.82) is 0 Å². The Bertz CT molecular complexity index is 149. The van der Waals surface area contributed by atoms with Crippen LogP contribution in [0.1, 0.15) is 40.0 Å². The molecule has 11 heavy (non-hydrogen) atoms. The van der Waals surface area contributed by atoms with Gasteiger partial charge in [-0.2, -0.15) is 0 Å². The first kappa shape index (κ1) is 8.76. The summed E-state index contributed by atoms with van der Waals surface area (Å²) < 4.78 is 0. The van der Waals surface area contributed by atoms with Crippen LogP contribution in [0.4, 0.5) is 0 Å². The summed E-state index contributed by atoms with van der Waals surface area (Å²) in [6.45, 7) is 6.52. The molecule has 1 fully saturated rings. The van der Waals surface area contributed by atoms with E-state index in [9.17, 15) is 4.79 Å². The fraction of sp³-hybridized carbons (Fsp3) is 0.900. The number of hydrogen-bond acceptors (Lipinski definition) is 1. The summed E-state index contributed by atoms with van der Waals surface area (Å²) in [5.41, 5.74) is 0. The van der Waals surface area contributed by atoms with Crippen LogP contribution in [0, 0.1) is 17.8 Å². The molecule has 0 radical (unpaired) electrons. The Kier molecular flexibility index (Phi) is 2.69. The molecule has 1 heteroatoms. The fourth-order valence-corrected chi connectivity index (χ4v) is 2.29. The van der Waals surface area contributed by atoms with Crippen molar-refractivity contribution in [2.24, 2.45) is 17.8 Å². The number of hydrogen-bond donors (Lipinski definition) is 0. The molecule has 0 amide bonds. The highest BCUT2D eigenvalue weighted by atomic mass is 16.1. The Morgan fingerprint density at radius 1 is 1.45 bits per heavy atom. The zero-order valence-corrected chi connectivity index (χ0v) is 7.76. The van der Waals surface area contributed by atoms with Crippen LogP contribution in [0.5, 0.6) is 0 Å². The number of Topliss-reactive ketones (excluding diaryl/α,β-unsaturated/α-hetero) is 1. The van der Waals surface area contributed by atoms with Gasteiger partial charge in [0.15, 0.2) is 0 Å². The first-order valence-electron chi connectivity index (χ1n) is 4.65. The van der Waals surface area contributed by atoms with Gasteiger partial charge >= 0.3 is 0 Å². The van der Waals surface area contributed by atoms with E-state index in [0.717, 1.165) is 12.8 Å². The largest absolute Gasteiger partial charge is 0.299 e. The molecule has 0 aromatic carbocycles. The van der Waals surface area contributed by atoms with E-state index in [-0.39, 0.29) is 0 Å². The Hall–Kier alpha value is -0.330. The maximum absolute atomic E-state index is 11.4. The van der Waals surface area contributed by atoms with Crippen LogP contribution in [-0.2, 0) is 4.79 Å². The lowest BCUT2D eigenvalue weighted by atomic mass is 9.74. The topological polar surface area (TPSA) is 17.1 Å². The lowest BCUT2D eigenvalue weighted by molar-refractivity contribution is -0.128. The predicted octanol–water partition coefficient (Wildman–Crippen LogP) is 2.65. The van der Waals surface area contributed by atoms with E-state index in [4.69, 9.17) is 0 Å². The smallest absolute Gasteiger partial charge is 0.136 e. The van der Waals surface area contributed by atoms with Gasteiger partial charge in [0.25, 0.3) is 0 Å². The SMILES string of the molecule is CC(C)C1C(=O)CCCC1C. The van der Waals surface area contributed by atoms with Crippen LogP contribution < -0.4 is 0 Å². The van der Waals surface area contributed by atoms with Crippen LogP contribution in [0.25, 0.3) is 0 Å². The van der Waals surface area contributed by atoms with Gasteiger partial charge in [0.2, 0.25) is 0 Å². The lowest BCUT2D eigenvalue weighted by Crippen LogP contribution is -2.30. The van der Waals surface area contributed by atoms with E-state index in [1.807, 2.05) is 0 Å². The molecule has 0 aliphatic heterocycles. The summed E-state index contributed by atoms with van der Waals surface area (Å²) in [5, 5.41) is 0. The minimum absolute atomic E-state index is 0.351. The van der Waals surface area contributed by atoms with Crippen molar-refractivity contribution in [1.82, 2.24) is 0 Å². The molecule has 64 valence electrons. The Morgan fingerprint density at radius 3 is 2.45 bits per heavy atom. The quantitative estimate of drug-likeness (QED) is 0.567. The van der Waals surface area contributed by atoms with Crippen molar-refractivity contribution in [2.75, 3.05) is 0 Å². The highest BCUT2D eigenvalue weighted by molar-refractivity contribution is 5.82. The van der Waals surface area contributed by atoms with Gasteiger partial charge in [0.05, 0.1) is 0 Å². The first-order valence-corrected chi connectivity index (χ1v) is 4.65. The molecule has 1 nitrogen and oxygen atoms in total. The van der Waals surface area contributed by atoms with Gasteiger partial charge in [-0.1, -0.05) is 20.8 Å². The van der Waals surface area contributed by atoms with Crippen LogP contribution in [0.15, 0.2) is 0 Å². The maximum Gasteiger partial charge on any atom is 0.136 e. The summed E-state index contributed by atoms with van der Waals surface area (Å²) in [6.07, 6.45) is 3.19. The third-order valence-corrected chi connectivity index (χ3v) is 2.79. The van der Waals surface area contributed by atoms with Crippen molar-refractivity contribution in [3.05, 3.63) is 0 Å². The molecular weight excluding hydrogens is 136 g/mol. The van der Waals surface area contributed by atoms with Gasteiger partial charge in [0.1, 0.15) is 5.78 Å². The van der Waals surface area contributed by atoms with Crippen molar-refractivity contribution in [3.63, 3.8) is 0 Å². The van der Waals surface area contributed by atoms with Gasteiger partial charge in [-0.25, -0.2) is 0 Å². The minimum atomic E-state index is 0.351. The summed E-state index contributed by atoms with van der Waals surface area (Å²) >= 11 is 0. The average molecular weight is 154 g/mol. The fourth-order valence-electron chi connectivity index (χ4n) is 2.29. The second kappa shape index (κ2) is 3.38. The minimum Gasteiger partial charge on any atom is -0.299 e. The van der Waals surface area contributed by atoms with E-state index >= 15 is 0 Å². The molecule has 0 N–H and O–H groups in total. The van der Waals surface area contributed by atoms with Crippen LogP contribution in [0.3, 0.4) is 0 Å². The molecule has 0 saturated heterocycles. The van der Waals surface area contributed by atoms with Crippen molar-refractivity contribution in [2.45, 2.75) is 40.0 Å². The second-order valence-corrected chi connectivity index (χ2v) is 4.11. The van der Waals surface area contributed by atoms with E-state index in [1.54, 1.807) is 0 Å². The van der Waals surface area contributed by atoms with Gasteiger partial charge in [-0.05, 0) is 24.7 Å². The number of carbonyl (C=O) groups excluding carboxylic acids is 1. The Labute approximate surface area is 69.2 Å². The zero-order chi connectivity index (χ0) is 8.43. The average Bonchev–Trinajstić information content (AvgIpc) is 1.85. The van der Waals surface area contributed by atoms with Crippen molar-refractivity contribution >= 4 is 5.78 Å². The lowest BCUT2D eigenvalue weighted by Gasteiger charge is -2.30. The van der Waals surface area contributed by atoms with Gasteiger partial charge in [-0.15, -0.1) is 0 Å². The maximum atomic E-state index is 11.4. The van der Waals surface area contributed by atoms with Gasteiger partial charge < -0.3 is 0 Å². The highest BCUT2D eigenvalue weighted by Gasteiger charge is 2.30. The number of ketones is 1. The molecule has 0 spiro atoms. The van der Waals surface area contributed by atoms with E-state index in [1.165, 1.54) is 6.42 Å². The third kappa shape index (κ3) is 1.82. The summed E-state index contributed by atoms with van der Waals surface area (Å²) in [4.78, 5) is 11.4. The molecule has 2 unspecified atom stereocenters. The van der Waals surface area contributed by atoms with Crippen LogP contribution >= 0.6 is 0 Å². The molecule has 0 bridgehead atoms. The zero-order valence-electron chi connectivity index (χ0n) is 7.76. The molecule has 1 aliphatic carbocycles. The molecule has 0 heterocycles. The van der Waals surface area contributed by atoms with Gasteiger partial charge in [0, 0.05) is 12.3 Å². The third-order valence-electron chi connectivity index (χ3n) is 2.79. The van der Waals surface area contributed by atoms with E-state index in [0.29, 0.717) is 23.5 Å². The Morgan fingerprint density at radius 2 is 2.09 bits per heavy atom. The molecule has 2 atom stereocenters. The van der Waals surface area contributed by atoms with Crippen molar-refractivity contribution in [3.8, 4) is 0 Å². The van der Waals surface area contributed by atoms with Crippen LogP contribution in [-0.4, -0.2) is 5.78 Å². The predicted molar refractivity (Wildman–Crippen MR) is 46.4 cm³/mol. The van der Waals surface area contributed by atoms with Crippen molar-refractivity contribution < 1.29 is 4.79 Å². The van der Waals surface area contributed by atoms with Gasteiger partial charge in [-0.3, -0.25) is 4.79 Å². The summed E-state index contributed by atoms with van der Waals surface area (Å²) in [7, 11) is 0. The summed E-state index contributed by atoms with van der Waals surface area (Å²) in [5.74, 6) is 2.01. The molecule has 0 aromatic heterocycles. The molecule has 0 aromatic rings. The standard InChI is InChI=1S/C10H18O/c1-7(2)10-8(3)5-4-6-9(10)11/h7-8,10H,4-6H2,1-3H3. The monoisotopic (exact) mass is 154 g/mol. The first-order chi connectivity index (χ1) is 5.13. The second-order valence-electron chi connectivity index (χ2n) is 4.11. The normalized spacial score (nSPS) is 32.9. The molecular formula is C10H18O. The molecule has 1 aliphatic rings. The Balaban J connectivity index is 2.63. The number of rotatable bonds is 1. The molecule has 1 saturated carbocycles. The van der Waals surface area contributed by atoms with E-state index in [2.05, 4.69) is 20.8 Å². The summed E-state index contributed by atoms with van der Waals surface area (Å²) in [6, 6.07) is 0. The highest BCUT2D eigenvalue weighted by Crippen LogP contribution is 2.31. The van der Waals surface area contributed by atoms with Crippen LogP contribution in [0.2, 0.25) is 0 Å². The molecule has 1 rings (SSSR count).